The number of methoxy groups -OCH3 is 1. The van der Waals surface area contributed by atoms with Crippen LogP contribution < -0.4 is 14.4 Å². The van der Waals surface area contributed by atoms with Crippen molar-refractivity contribution in [2.75, 3.05) is 32.0 Å². The van der Waals surface area contributed by atoms with Crippen LogP contribution in [0, 0.1) is 5.92 Å². The summed E-state index contributed by atoms with van der Waals surface area (Å²) in [4.78, 5) is 15.5. The Morgan fingerprint density at radius 2 is 1.93 bits per heavy atom. The topological polar surface area (TPSA) is 57.2 Å². The van der Waals surface area contributed by atoms with Gasteiger partial charge in [-0.2, -0.15) is 0 Å². The second kappa shape index (κ2) is 8.25. The maximum Gasteiger partial charge on any atom is 0.256 e. The number of anilines is 1. The first-order chi connectivity index (χ1) is 13.2. The normalized spacial score (nSPS) is 23.4. The van der Waals surface area contributed by atoms with Crippen LogP contribution in [-0.4, -0.2) is 45.2 Å². The zero-order valence-electron chi connectivity index (χ0n) is 15.6. The van der Waals surface area contributed by atoms with E-state index >= 15 is 0 Å². The minimum absolute atomic E-state index is 0.0411. The lowest BCUT2D eigenvalue weighted by Gasteiger charge is -2.37. The molecule has 6 nitrogen and oxygen atoms in total. The van der Waals surface area contributed by atoms with Crippen molar-refractivity contribution in [1.29, 1.82) is 0 Å². The van der Waals surface area contributed by atoms with Crippen molar-refractivity contribution >= 4 is 23.2 Å². The molecule has 2 atom stereocenters. The molecule has 2 heterocycles. The number of fused-ring (bicyclic) bond motifs is 1. The van der Waals surface area contributed by atoms with Crippen molar-refractivity contribution in [3.05, 3.63) is 17.2 Å². The third-order valence-electron chi connectivity index (χ3n) is 5.77. The summed E-state index contributed by atoms with van der Waals surface area (Å²) >= 11 is 6.58. The lowest BCUT2D eigenvalue weighted by Crippen LogP contribution is -2.49. The van der Waals surface area contributed by atoms with Gasteiger partial charge in [-0.15, -0.1) is 0 Å². The molecule has 2 aliphatic heterocycles. The van der Waals surface area contributed by atoms with E-state index in [9.17, 15) is 4.79 Å². The molecule has 4 rings (SSSR count). The molecule has 1 aromatic carbocycles. The van der Waals surface area contributed by atoms with E-state index < -0.39 is 6.10 Å². The van der Waals surface area contributed by atoms with Crippen LogP contribution in [0.15, 0.2) is 12.1 Å². The SMILES string of the molecule is COC(C(=O)N(c1cc2c(cc1Cl)OCO2)C1CCCCC1)C1CCOC1. The number of benzene rings is 1. The first kappa shape index (κ1) is 18.8. The van der Waals surface area contributed by atoms with E-state index in [-0.39, 0.29) is 24.7 Å². The lowest BCUT2D eigenvalue weighted by molar-refractivity contribution is -0.132. The molecular weight excluding hydrogens is 370 g/mol. The van der Waals surface area contributed by atoms with E-state index in [1.807, 2.05) is 11.0 Å². The number of nitrogens with zero attached hydrogens (tertiary/aromatic N) is 1. The molecule has 0 bridgehead atoms. The third-order valence-corrected chi connectivity index (χ3v) is 6.07. The number of halogens is 1. The smallest absolute Gasteiger partial charge is 0.256 e. The highest BCUT2D eigenvalue weighted by atomic mass is 35.5. The van der Waals surface area contributed by atoms with Crippen LogP contribution >= 0.6 is 11.6 Å². The van der Waals surface area contributed by atoms with E-state index in [0.717, 1.165) is 32.1 Å². The Balaban J connectivity index is 1.69. The Kier molecular flexibility index (Phi) is 5.76. The summed E-state index contributed by atoms with van der Waals surface area (Å²) in [7, 11) is 1.60. The fourth-order valence-electron chi connectivity index (χ4n) is 4.35. The fourth-order valence-corrected chi connectivity index (χ4v) is 4.59. The van der Waals surface area contributed by atoms with Crippen LogP contribution in [0.5, 0.6) is 11.5 Å². The second-order valence-electron chi connectivity index (χ2n) is 7.44. The highest BCUT2D eigenvalue weighted by Gasteiger charge is 2.39. The summed E-state index contributed by atoms with van der Waals surface area (Å²) in [6.45, 7) is 1.40. The Morgan fingerprint density at radius 3 is 2.59 bits per heavy atom. The molecule has 1 amide bonds. The van der Waals surface area contributed by atoms with Crippen molar-refractivity contribution in [2.45, 2.75) is 50.7 Å². The average Bonchev–Trinajstić information content (AvgIpc) is 3.35. The number of ether oxygens (including phenoxy) is 4. The van der Waals surface area contributed by atoms with Crippen LogP contribution in [0.2, 0.25) is 5.02 Å². The van der Waals surface area contributed by atoms with Gasteiger partial charge in [-0.25, -0.2) is 0 Å². The molecule has 7 heteroatoms. The van der Waals surface area contributed by atoms with Crippen LogP contribution in [0.3, 0.4) is 0 Å². The van der Waals surface area contributed by atoms with Crippen molar-refractivity contribution in [1.82, 2.24) is 0 Å². The first-order valence-corrected chi connectivity index (χ1v) is 10.1. The number of hydrogen-bond donors (Lipinski definition) is 0. The van der Waals surface area contributed by atoms with Gasteiger partial charge in [0.25, 0.3) is 5.91 Å². The molecule has 2 unspecified atom stereocenters. The Bertz CT molecular complexity index is 685. The quantitative estimate of drug-likeness (QED) is 0.759. The Morgan fingerprint density at radius 1 is 1.19 bits per heavy atom. The van der Waals surface area contributed by atoms with Crippen LogP contribution in [0.1, 0.15) is 38.5 Å². The zero-order chi connectivity index (χ0) is 18.8. The summed E-state index contributed by atoms with van der Waals surface area (Å²) in [6, 6.07) is 3.68. The van der Waals surface area contributed by atoms with Crippen LogP contribution in [0.4, 0.5) is 5.69 Å². The van der Waals surface area contributed by atoms with Crippen molar-refractivity contribution in [3.63, 3.8) is 0 Å². The van der Waals surface area contributed by atoms with Gasteiger partial charge in [-0.1, -0.05) is 30.9 Å². The molecule has 1 aromatic rings. The summed E-state index contributed by atoms with van der Waals surface area (Å²) in [6.07, 6.45) is 5.66. The molecule has 2 fully saturated rings. The van der Waals surface area contributed by atoms with Crippen molar-refractivity contribution in [3.8, 4) is 11.5 Å². The monoisotopic (exact) mass is 395 g/mol. The number of carbonyl (C=O) groups is 1. The summed E-state index contributed by atoms with van der Waals surface area (Å²) in [5.74, 6) is 1.27. The molecule has 1 saturated heterocycles. The molecule has 0 spiro atoms. The number of amides is 1. The average molecular weight is 396 g/mol. The minimum atomic E-state index is -0.532. The second-order valence-corrected chi connectivity index (χ2v) is 7.84. The Hall–Kier alpha value is -1.50. The van der Waals surface area contributed by atoms with Gasteiger partial charge in [0.2, 0.25) is 6.79 Å². The van der Waals surface area contributed by atoms with Crippen molar-refractivity contribution < 1.29 is 23.7 Å². The summed E-state index contributed by atoms with van der Waals surface area (Å²) < 4.78 is 22.1. The van der Waals surface area contributed by atoms with Crippen LogP contribution in [-0.2, 0) is 14.3 Å². The van der Waals surface area contributed by atoms with Crippen molar-refractivity contribution in [2.24, 2.45) is 5.92 Å². The molecule has 0 aromatic heterocycles. The molecule has 148 valence electrons. The molecule has 1 aliphatic carbocycles. The molecule has 0 N–H and O–H groups in total. The number of carbonyl (C=O) groups excluding carboxylic acids is 1. The molecule has 0 radical (unpaired) electrons. The highest BCUT2D eigenvalue weighted by Crippen LogP contribution is 2.43. The maximum absolute atomic E-state index is 13.6. The van der Waals surface area contributed by atoms with Gasteiger partial charge in [0.1, 0.15) is 6.10 Å². The molecule has 3 aliphatic rings. The van der Waals surface area contributed by atoms with Gasteiger partial charge in [-0.3, -0.25) is 4.79 Å². The van der Waals surface area contributed by atoms with E-state index in [0.29, 0.717) is 35.4 Å². The van der Waals surface area contributed by atoms with E-state index in [1.165, 1.54) is 6.42 Å². The van der Waals surface area contributed by atoms with Gasteiger partial charge >= 0.3 is 0 Å². The molecule has 1 saturated carbocycles. The summed E-state index contributed by atoms with van der Waals surface area (Å²) in [5, 5.41) is 0.496. The predicted octanol–water partition coefficient (Wildman–Crippen LogP) is 3.79. The predicted molar refractivity (Wildman–Crippen MR) is 102 cm³/mol. The fraction of sp³-hybridized carbons (Fsp3) is 0.650. The number of rotatable bonds is 5. The zero-order valence-corrected chi connectivity index (χ0v) is 16.4. The lowest BCUT2D eigenvalue weighted by atomic mass is 9.92. The maximum atomic E-state index is 13.6. The van der Waals surface area contributed by atoms with E-state index in [2.05, 4.69) is 0 Å². The first-order valence-electron chi connectivity index (χ1n) is 9.72. The Labute approximate surface area is 164 Å². The van der Waals surface area contributed by atoms with Gasteiger partial charge in [0.15, 0.2) is 11.5 Å². The highest BCUT2D eigenvalue weighted by molar-refractivity contribution is 6.34. The summed E-state index contributed by atoms with van der Waals surface area (Å²) in [5.41, 5.74) is 0.679. The molecule has 27 heavy (non-hydrogen) atoms. The minimum Gasteiger partial charge on any atom is -0.454 e. The van der Waals surface area contributed by atoms with Gasteiger partial charge in [0, 0.05) is 37.8 Å². The standard InChI is InChI=1S/C20H26ClNO5/c1-24-19(13-7-8-25-11-13)20(23)22(14-5-3-2-4-6-14)16-10-18-17(9-15(16)21)26-12-27-18/h9-10,13-14,19H,2-8,11-12H2,1H3. The van der Waals surface area contributed by atoms with Gasteiger partial charge < -0.3 is 23.8 Å². The van der Waals surface area contributed by atoms with Gasteiger partial charge in [0.05, 0.1) is 17.3 Å². The number of hydrogen-bond acceptors (Lipinski definition) is 5. The molecular formula is C20H26ClNO5. The van der Waals surface area contributed by atoms with E-state index in [1.54, 1.807) is 13.2 Å². The van der Waals surface area contributed by atoms with Crippen LogP contribution in [0.25, 0.3) is 0 Å². The van der Waals surface area contributed by atoms with E-state index in [4.69, 9.17) is 30.5 Å². The van der Waals surface area contributed by atoms with Gasteiger partial charge in [-0.05, 0) is 19.3 Å². The third kappa shape index (κ3) is 3.75. The largest absolute Gasteiger partial charge is 0.454 e.